The number of H-pyrrole nitrogens is 1. The molecule has 0 bridgehead atoms. The van der Waals surface area contributed by atoms with Crippen LogP contribution in [0.5, 0.6) is 5.88 Å². The van der Waals surface area contributed by atoms with Crippen molar-refractivity contribution in [3.05, 3.63) is 22.5 Å². The second-order valence-electron chi connectivity index (χ2n) is 3.76. The molecule has 2 rings (SSSR count). The molecule has 90 valence electrons. The Morgan fingerprint density at radius 2 is 2.12 bits per heavy atom. The summed E-state index contributed by atoms with van der Waals surface area (Å²) in [5.41, 5.74) is -0.204. The van der Waals surface area contributed by atoms with Crippen LogP contribution in [0.4, 0.5) is 0 Å². The van der Waals surface area contributed by atoms with E-state index in [0.29, 0.717) is 18.4 Å². The van der Waals surface area contributed by atoms with E-state index in [-0.39, 0.29) is 18.0 Å². The van der Waals surface area contributed by atoms with Crippen molar-refractivity contribution >= 4 is 12.4 Å². The Kier molecular flexibility index (Phi) is 5.28. The minimum Gasteiger partial charge on any atom is -0.476 e. The Balaban J connectivity index is 0.00000128. The number of aromatic nitrogens is 2. The van der Waals surface area contributed by atoms with Crippen molar-refractivity contribution in [1.29, 1.82) is 0 Å². The normalized spacial score (nSPS) is 16.5. The molecule has 0 spiro atoms. The lowest BCUT2D eigenvalue weighted by molar-refractivity contribution is 0.207. The smallest absolute Gasteiger partial charge is 0.264 e. The average Bonchev–Trinajstić information content (AvgIpc) is 2.30. The summed E-state index contributed by atoms with van der Waals surface area (Å²) >= 11 is 0. The van der Waals surface area contributed by atoms with E-state index in [0.717, 1.165) is 25.9 Å². The lowest BCUT2D eigenvalue weighted by Crippen LogP contribution is -2.30. The van der Waals surface area contributed by atoms with E-state index in [9.17, 15) is 4.79 Å². The van der Waals surface area contributed by atoms with Gasteiger partial charge in [-0.2, -0.15) is 0 Å². The lowest BCUT2D eigenvalue weighted by atomic mass is 9.99. The molecular formula is C10H16ClN3O2. The van der Waals surface area contributed by atoms with E-state index >= 15 is 0 Å². The molecule has 0 aromatic carbocycles. The molecule has 1 aliphatic rings. The Labute approximate surface area is 100 Å². The Morgan fingerprint density at radius 1 is 1.38 bits per heavy atom. The molecule has 0 radical (unpaired) electrons. The zero-order valence-corrected chi connectivity index (χ0v) is 9.76. The SMILES string of the molecule is Cl.O=c1ccc(OCC2CCNCC2)n[nH]1. The molecule has 1 aliphatic heterocycles. The molecule has 0 saturated carbocycles. The van der Waals surface area contributed by atoms with Crippen molar-refractivity contribution in [3.63, 3.8) is 0 Å². The number of halogens is 1. The van der Waals surface area contributed by atoms with E-state index < -0.39 is 0 Å². The average molecular weight is 246 g/mol. The lowest BCUT2D eigenvalue weighted by Gasteiger charge is -2.22. The molecule has 2 heterocycles. The summed E-state index contributed by atoms with van der Waals surface area (Å²) < 4.78 is 5.49. The number of rotatable bonds is 3. The number of nitrogens with one attached hydrogen (secondary N) is 2. The molecular weight excluding hydrogens is 230 g/mol. The van der Waals surface area contributed by atoms with Gasteiger partial charge in [0.05, 0.1) is 6.61 Å². The van der Waals surface area contributed by atoms with Crippen LogP contribution in [0, 0.1) is 5.92 Å². The van der Waals surface area contributed by atoms with Crippen LogP contribution in [0.3, 0.4) is 0 Å². The van der Waals surface area contributed by atoms with Crippen molar-refractivity contribution in [2.45, 2.75) is 12.8 Å². The maximum atomic E-state index is 10.7. The first-order valence-corrected chi connectivity index (χ1v) is 5.24. The maximum absolute atomic E-state index is 10.7. The van der Waals surface area contributed by atoms with Crippen LogP contribution in [0.1, 0.15) is 12.8 Å². The quantitative estimate of drug-likeness (QED) is 0.817. The standard InChI is InChI=1S/C10H15N3O2.ClH/c14-9-1-2-10(13-12-9)15-7-8-3-5-11-6-4-8;/h1-2,8,11H,3-7H2,(H,12,14);1H. The van der Waals surface area contributed by atoms with Crippen molar-refractivity contribution < 1.29 is 4.74 Å². The minimum atomic E-state index is -0.204. The Bertz CT molecular complexity index is 343. The van der Waals surface area contributed by atoms with Crippen molar-refractivity contribution in [1.82, 2.24) is 15.5 Å². The molecule has 0 aliphatic carbocycles. The number of hydrogen-bond donors (Lipinski definition) is 2. The highest BCUT2D eigenvalue weighted by atomic mass is 35.5. The first kappa shape index (κ1) is 13.0. The molecule has 5 nitrogen and oxygen atoms in total. The van der Waals surface area contributed by atoms with Gasteiger partial charge in [-0.05, 0) is 31.8 Å². The first-order chi connectivity index (χ1) is 7.34. The predicted octanol–water partition coefficient (Wildman–Crippen LogP) is 0.570. The summed E-state index contributed by atoms with van der Waals surface area (Å²) in [6.45, 7) is 2.81. The third kappa shape index (κ3) is 3.83. The highest BCUT2D eigenvalue weighted by Crippen LogP contribution is 2.13. The van der Waals surface area contributed by atoms with Gasteiger partial charge in [-0.1, -0.05) is 0 Å². The predicted molar refractivity (Wildman–Crippen MR) is 63.2 cm³/mol. The Morgan fingerprint density at radius 3 is 2.75 bits per heavy atom. The summed E-state index contributed by atoms with van der Waals surface area (Å²) in [6.07, 6.45) is 2.28. The number of ether oxygens (including phenoxy) is 1. The summed E-state index contributed by atoms with van der Waals surface area (Å²) in [5, 5.41) is 9.43. The summed E-state index contributed by atoms with van der Waals surface area (Å²) in [5.74, 6) is 1.09. The fraction of sp³-hybridized carbons (Fsp3) is 0.600. The van der Waals surface area contributed by atoms with Gasteiger partial charge in [0.1, 0.15) is 0 Å². The molecule has 0 amide bonds. The van der Waals surface area contributed by atoms with Gasteiger partial charge in [-0.25, -0.2) is 5.10 Å². The van der Waals surface area contributed by atoms with Crippen LogP contribution in [-0.2, 0) is 0 Å². The van der Waals surface area contributed by atoms with Gasteiger partial charge in [0.15, 0.2) is 0 Å². The zero-order chi connectivity index (χ0) is 10.5. The van der Waals surface area contributed by atoms with Crippen LogP contribution >= 0.6 is 12.4 Å². The largest absolute Gasteiger partial charge is 0.476 e. The molecule has 16 heavy (non-hydrogen) atoms. The molecule has 1 saturated heterocycles. The third-order valence-electron chi connectivity index (χ3n) is 2.58. The third-order valence-corrected chi connectivity index (χ3v) is 2.58. The van der Waals surface area contributed by atoms with Gasteiger partial charge in [-0.15, -0.1) is 17.5 Å². The van der Waals surface area contributed by atoms with Crippen LogP contribution in [-0.4, -0.2) is 29.9 Å². The molecule has 1 aromatic rings. The topological polar surface area (TPSA) is 67.0 Å². The molecule has 0 atom stereocenters. The number of aromatic amines is 1. The van der Waals surface area contributed by atoms with E-state index in [2.05, 4.69) is 15.5 Å². The van der Waals surface area contributed by atoms with Crippen molar-refractivity contribution in [2.75, 3.05) is 19.7 Å². The van der Waals surface area contributed by atoms with Crippen LogP contribution < -0.4 is 15.6 Å². The van der Waals surface area contributed by atoms with Gasteiger partial charge < -0.3 is 10.1 Å². The summed E-state index contributed by atoms with van der Waals surface area (Å²) in [6, 6.07) is 3.02. The van der Waals surface area contributed by atoms with E-state index in [1.54, 1.807) is 6.07 Å². The van der Waals surface area contributed by atoms with Crippen LogP contribution in [0.25, 0.3) is 0 Å². The highest BCUT2D eigenvalue weighted by molar-refractivity contribution is 5.85. The highest BCUT2D eigenvalue weighted by Gasteiger charge is 2.13. The monoisotopic (exact) mass is 245 g/mol. The van der Waals surface area contributed by atoms with Crippen LogP contribution in [0.2, 0.25) is 0 Å². The van der Waals surface area contributed by atoms with Crippen LogP contribution in [0.15, 0.2) is 16.9 Å². The summed E-state index contributed by atoms with van der Waals surface area (Å²) in [4.78, 5) is 10.7. The van der Waals surface area contributed by atoms with Crippen molar-refractivity contribution in [2.24, 2.45) is 5.92 Å². The fourth-order valence-electron chi connectivity index (χ4n) is 1.66. The van der Waals surface area contributed by atoms with Crippen molar-refractivity contribution in [3.8, 4) is 5.88 Å². The van der Waals surface area contributed by atoms with E-state index in [1.807, 2.05) is 0 Å². The van der Waals surface area contributed by atoms with Gasteiger partial charge in [0.2, 0.25) is 5.88 Å². The molecule has 6 heteroatoms. The molecule has 2 N–H and O–H groups in total. The minimum absolute atomic E-state index is 0. The fourth-order valence-corrected chi connectivity index (χ4v) is 1.66. The maximum Gasteiger partial charge on any atom is 0.264 e. The van der Waals surface area contributed by atoms with Gasteiger partial charge in [0.25, 0.3) is 5.56 Å². The van der Waals surface area contributed by atoms with E-state index in [4.69, 9.17) is 4.74 Å². The molecule has 0 unspecified atom stereocenters. The number of hydrogen-bond acceptors (Lipinski definition) is 4. The summed E-state index contributed by atoms with van der Waals surface area (Å²) in [7, 11) is 0. The van der Waals surface area contributed by atoms with Gasteiger partial charge in [-0.3, -0.25) is 4.79 Å². The first-order valence-electron chi connectivity index (χ1n) is 5.24. The molecule has 1 fully saturated rings. The number of piperidine rings is 1. The van der Waals surface area contributed by atoms with Gasteiger partial charge in [0, 0.05) is 12.1 Å². The van der Waals surface area contributed by atoms with Gasteiger partial charge >= 0.3 is 0 Å². The zero-order valence-electron chi connectivity index (χ0n) is 8.94. The second-order valence-corrected chi connectivity index (χ2v) is 3.76. The number of nitrogens with zero attached hydrogens (tertiary/aromatic N) is 1. The molecule has 1 aromatic heterocycles. The Hall–Kier alpha value is -1.07. The van der Waals surface area contributed by atoms with E-state index in [1.165, 1.54) is 6.07 Å². The second kappa shape index (κ2) is 6.50.